The van der Waals surface area contributed by atoms with Gasteiger partial charge in [-0.25, -0.2) is 0 Å². The summed E-state index contributed by atoms with van der Waals surface area (Å²) in [5.74, 6) is 0. The molecule has 0 saturated carbocycles. The average Bonchev–Trinajstić information content (AvgIpc) is 2.42. The lowest BCUT2D eigenvalue weighted by Crippen LogP contribution is -2.49. The third-order valence-electron chi connectivity index (χ3n) is 2.34. The Labute approximate surface area is 75.0 Å². The van der Waals surface area contributed by atoms with E-state index in [1.54, 1.807) is 0 Å². The van der Waals surface area contributed by atoms with Crippen LogP contribution >= 0.6 is 0 Å². The molecule has 1 fully saturated rings. The number of aliphatic hydroxyl groups excluding tert-OH is 5. The molecule has 6 heteroatoms. The zero-order valence-electron chi connectivity index (χ0n) is 7.00. The third kappa shape index (κ3) is 1.56. The van der Waals surface area contributed by atoms with Gasteiger partial charge in [0.15, 0.2) is 0 Å². The summed E-state index contributed by atoms with van der Waals surface area (Å²) in [7, 11) is 0. The van der Waals surface area contributed by atoms with Gasteiger partial charge >= 0.3 is 0 Å². The van der Waals surface area contributed by atoms with Crippen molar-refractivity contribution in [3.63, 3.8) is 0 Å². The van der Waals surface area contributed by atoms with E-state index in [0.29, 0.717) is 0 Å². The fraction of sp³-hybridized carbons (Fsp3) is 1.00. The van der Waals surface area contributed by atoms with Crippen LogP contribution < -0.4 is 0 Å². The molecule has 0 aromatic carbocycles. The number of hydrogen-bond donors (Lipinski definition) is 5. The lowest BCUT2D eigenvalue weighted by Gasteiger charge is -2.27. The minimum Gasteiger partial charge on any atom is -0.394 e. The maximum absolute atomic E-state index is 9.40. The molecule has 3 atom stereocenters. The molecule has 0 aromatic rings. The van der Waals surface area contributed by atoms with Gasteiger partial charge in [-0.2, -0.15) is 0 Å². The van der Waals surface area contributed by atoms with Gasteiger partial charge in [0.1, 0.15) is 23.9 Å². The molecular weight excluding hydrogens is 180 g/mol. The first-order chi connectivity index (χ1) is 6.11. The van der Waals surface area contributed by atoms with Crippen molar-refractivity contribution in [1.82, 2.24) is 0 Å². The molecule has 0 aliphatic carbocycles. The maximum atomic E-state index is 9.40. The molecule has 1 aliphatic rings. The Kier molecular flexibility index (Phi) is 3.23. The highest BCUT2D eigenvalue weighted by atomic mass is 16.6. The smallest absolute Gasteiger partial charge is 0.143 e. The summed E-state index contributed by atoms with van der Waals surface area (Å²) in [5.41, 5.74) is -1.56. The molecule has 6 nitrogen and oxygen atoms in total. The molecule has 0 spiro atoms. The molecule has 0 amide bonds. The van der Waals surface area contributed by atoms with Gasteiger partial charge in [-0.05, 0) is 0 Å². The first kappa shape index (κ1) is 10.8. The largest absolute Gasteiger partial charge is 0.394 e. The summed E-state index contributed by atoms with van der Waals surface area (Å²) >= 11 is 0. The Morgan fingerprint density at radius 3 is 1.85 bits per heavy atom. The lowest BCUT2D eigenvalue weighted by molar-refractivity contribution is -0.141. The SMILES string of the molecule is OC[C@H]1OC(CO)(CO)[C@@H](O)[C@@H]1O. The predicted molar refractivity (Wildman–Crippen MR) is 40.9 cm³/mol. The molecule has 0 unspecified atom stereocenters. The maximum Gasteiger partial charge on any atom is 0.143 e. The van der Waals surface area contributed by atoms with Crippen LogP contribution in [-0.2, 0) is 4.74 Å². The highest BCUT2D eigenvalue weighted by Crippen LogP contribution is 2.30. The van der Waals surface area contributed by atoms with Crippen LogP contribution in [0.4, 0.5) is 0 Å². The molecule has 1 heterocycles. The fourth-order valence-electron chi connectivity index (χ4n) is 1.41. The average molecular weight is 194 g/mol. The highest BCUT2D eigenvalue weighted by molar-refractivity contribution is 5.01. The number of aliphatic hydroxyl groups is 5. The summed E-state index contributed by atoms with van der Waals surface area (Å²) in [6, 6.07) is 0. The molecule has 1 saturated heterocycles. The van der Waals surface area contributed by atoms with E-state index in [1.807, 2.05) is 0 Å². The van der Waals surface area contributed by atoms with Crippen LogP contribution in [0.25, 0.3) is 0 Å². The van der Waals surface area contributed by atoms with E-state index >= 15 is 0 Å². The van der Waals surface area contributed by atoms with E-state index in [4.69, 9.17) is 20.1 Å². The van der Waals surface area contributed by atoms with Crippen LogP contribution in [0.5, 0.6) is 0 Å². The van der Waals surface area contributed by atoms with Crippen LogP contribution in [0.15, 0.2) is 0 Å². The fourth-order valence-corrected chi connectivity index (χ4v) is 1.41. The van der Waals surface area contributed by atoms with E-state index < -0.39 is 43.7 Å². The van der Waals surface area contributed by atoms with Gasteiger partial charge in [-0.1, -0.05) is 0 Å². The summed E-state index contributed by atoms with van der Waals surface area (Å²) in [6.45, 7) is -1.70. The summed E-state index contributed by atoms with van der Waals surface area (Å²) in [4.78, 5) is 0. The quantitative estimate of drug-likeness (QED) is 0.324. The van der Waals surface area contributed by atoms with Crippen molar-refractivity contribution in [2.45, 2.75) is 23.9 Å². The van der Waals surface area contributed by atoms with E-state index in [9.17, 15) is 10.2 Å². The van der Waals surface area contributed by atoms with Crippen molar-refractivity contribution in [3.8, 4) is 0 Å². The minimum atomic E-state index is -1.56. The number of rotatable bonds is 3. The van der Waals surface area contributed by atoms with Gasteiger partial charge in [-0.3, -0.25) is 0 Å². The minimum absolute atomic E-state index is 0.472. The molecule has 78 valence electrons. The summed E-state index contributed by atoms with van der Waals surface area (Å²) in [6.07, 6.45) is -3.64. The van der Waals surface area contributed by atoms with Gasteiger partial charge in [-0.15, -0.1) is 0 Å². The van der Waals surface area contributed by atoms with Gasteiger partial charge in [0.2, 0.25) is 0 Å². The highest BCUT2D eigenvalue weighted by Gasteiger charge is 2.53. The molecule has 1 rings (SSSR count). The summed E-state index contributed by atoms with van der Waals surface area (Å²) in [5, 5.41) is 45.2. The third-order valence-corrected chi connectivity index (χ3v) is 2.34. The second-order valence-corrected chi connectivity index (χ2v) is 3.16. The molecule has 5 N–H and O–H groups in total. The Balaban J connectivity index is 2.79. The van der Waals surface area contributed by atoms with Crippen LogP contribution in [-0.4, -0.2) is 69.3 Å². The van der Waals surface area contributed by atoms with Crippen molar-refractivity contribution in [1.29, 1.82) is 0 Å². The normalized spacial score (nSPS) is 38.1. The predicted octanol–water partition coefficient (Wildman–Crippen LogP) is -3.18. The van der Waals surface area contributed by atoms with Crippen molar-refractivity contribution in [3.05, 3.63) is 0 Å². The van der Waals surface area contributed by atoms with Crippen LogP contribution in [0.3, 0.4) is 0 Å². The monoisotopic (exact) mass is 194 g/mol. The van der Waals surface area contributed by atoms with E-state index in [-0.39, 0.29) is 0 Å². The van der Waals surface area contributed by atoms with E-state index in [0.717, 1.165) is 0 Å². The van der Waals surface area contributed by atoms with E-state index in [2.05, 4.69) is 0 Å². The zero-order chi connectivity index (χ0) is 10.1. The molecule has 0 bridgehead atoms. The lowest BCUT2D eigenvalue weighted by atomic mass is 9.96. The van der Waals surface area contributed by atoms with Gasteiger partial charge in [0.25, 0.3) is 0 Å². The molecule has 0 radical (unpaired) electrons. The second-order valence-electron chi connectivity index (χ2n) is 3.16. The number of hydrogen-bond acceptors (Lipinski definition) is 6. The summed E-state index contributed by atoms with van der Waals surface area (Å²) < 4.78 is 4.97. The van der Waals surface area contributed by atoms with Crippen molar-refractivity contribution in [2.24, 2.45) is 0 Å². The van der Waals surface area contributed by atoms with Crippen LogP contribution in [0.1, 0.15) is 0 Å². The Hall–Kier alpha value is -0.240. The first-order valence-corrected chi connectivity index (χ1v) is 3.98. The van der Waals surface area contributed by atoms with Crippen molar-refractivity contribution >= 4 is 0 Å². The molecule has 13 heavy (non-hydrogen) atoms. The Morgan fingerprint density at radius 1 is 1.08 bits per heavy atom. The standard InChI is InChI=1S/C7H14O6/c8-1-4-5(11)6(12)7(2-9,3-10)13-4/h4-6,8-12H,1-3H2/t4-,5-,6+/m1/s1. The van der Waals surface area contributed by atoms with E-state index in [1.165, 1.54) is 0 Å². The zero-order valence-corrected chi connectivity index (χ0v) is 7.00. The Bertz CT molecular complexity index is 168. The first-order valence-electron chi connectivity index (χ1n) is 3.98. The molecular formula is C7H14O6. The van der Waals surface area contributed by atoms with Gasteiger partial charge in [0.05, 0.1) is 19.8 Å². The number of ether oxygens (including phenoxy) is 1. The van der Waals surface area contributed by atoms with Crippen molar-refractivity contribution in [2.75, 3.05) is 19.8 Å². The van der Waals surface area contributed by atoms with Gasteiger partial charge < -0.3 is 30.3 Å². The van der Waals surface area contributed by atoms with Crippen LogP contribution in [0.2, 0.25) is 0 Å². The molecule has 1 aliphatic heterocycles. The topological polar surface area (TPSA) is 110 Å². The Morgan fingerprint density at radius 2 is 1.62 bits per heavy atom. The van der Waals surface area contributed by atoms with Gasteiger partial charge in [0, 0.05) is 0 Å². The van der Waals surface area contributed by atoms with Crippen LogP contribution in [0, 0.1) is 0 Å². The second kappa shape index (κ2) is 3.87. The molecule has 0 aromatic heterocycles. The van der Waals surface area contributed by atoms with Crippen molar-refractivity contribution < 1.29 is 30.3 Å².